The largest absolute Gasteiger partial charge is 0.457 e. The molecule has 6 fully saturated rings. The van der Waals surface area contributed by atoms with Crippen LogP contribution in [0.15, 0.2) is 0 Å². The lowest BCUT2D eigenvalue weighted by atomic mass is 9.95. The summed E-state index contributed by atoms with van der Waals surface area (Å²) in [5.74, 6) is -3.37. The molecule has 0 amide bonds. The standard InChI is InChI=1S/C56H96O24/c1-11-14-20-23-33-24-21-18-16-15-17-19-22-25-34(57)74-46-42(65)54(79-47-38(61)36(59)29(7)69-55(47)73-33)71-31(9)44(46)78-56-49(76-51(67)27(5)13-3)48(80-52-40(63)37(60)35(58)28(6)68-52)45(32(10)72-56)77-53-41(64)39(62)43(30(8)70-53)75-50(66)26(4)12-2/h26-33,35-49,52-56,58-65H,11-25H2,1-10H3/t26-,27-,28+,29-,30+,31+,32+,33-,35+,36-,37-,38+,39+,40+,41+,42+,43+,44-,45+,46-,47-,48-,49+,52-,53-,54-,55+,56-/m1/s1. The summed E-state index contributed by atoms with van der Waals surface area (Å²) in [6.45, 7) is 16.5. The Kier molecular flexibility index (Phi) is 26.1. The minimum atomic E-state index is -1.91. The Labute approximate surface area is 470 Å². The fourth-order valence-electron chi connectivity index (χ4n) is 10.9. The summed E-state index contributed by atoms with van der Waals surface area (Å²) in [5, 5.41) is 91.1. The molecule has 0 aromatic heterocycles. The van der Waals surface area contributed by atoms with Gasteiger partial charge in [-0.25, -0.2) is 0 Å². The fraction of sp³-hybridized carbons (Fsp3) is 0.946. The van der Waals surface area contributed by atoms with Gasteiger partial charge < -0.3 is 102 Å². The summed E-state index contributed by atoms with van der Waals surface area (Å²) in [7, 11) is 0. The monoisotopic (exact) mass is 1150 g/mol. The quantitative estimate of drug-likeness (QED) is 0.0625. The molecule has 28 atom stereocenters. The van der Waals surface area contributed by atoms with Crippen LogP contribution in [0.3, 0.4) is 0 Å². The van der Waals surface area contributed by atoms with Gasteiger partial charge in [0, 0.05) is 6.42 Å². The number of fused-ring (bicyclic) bond motifs is 3. The second-order valence-electron chi connectivity index (χ2n) is 23.0. The smallest absolute Gasteiger partial charge is 0.309 e. The van der Waals surface area contributed by atoms with Crippen molar-refractivity contribution in [1.82, 2.24) is 0 Å². The molecule has 2 bridgehead atoms. The van der Waals surface area contributed by atoms with Gasteiger partial charge in [0.25, 0.3) is 0 Å². The highest BCUT2D eigenvalue weighted by Crippen LogP contribution is 2.39. The lowest BCUT2D eigenvalue weighted by Crippen LogP contribution is -2.68. The van der Waals surface area contributed by atoms with Crippen molar-refractivity contribution in [3.63, 3.8) is 0 Å². The van der Waals surface area contributed by atoms with Crippen LogP contribution in [0.1, 0.15) is 166 Å². The predicted molar refractivity (Wildman–Crippen MR) is 278 cm³/mol. The number of hydrogen-bond acceptors (Lipinski definition) is 24. The number of carbonyl (C=O) groups is 3. The first kappa shape index (κ1) is 66.8. The first-order valence-electron chi connectivity index (χ1n) is 29.6. The van der Waals surface area contributed by atoms with Gasteiger partial charge in [-0.05, 0) is 66.7 Å². The Hall–Kier alpha value is -2.31. The van der Waals surface area contributed by atoms with Gasteiger partial charge in [0.05, 0.1) is 48.5 Å². The van der Waals surface area contributed by atoms with Crippen molar-refractivity contribution >= 4 is 17.9 Å². The number of aliphatic hydroxyl groups is 8. The van der Waals surface area contributed by atoms with E-state index in [2.05, 4.69) is 6.92 Å². The minimum absolute atomic E-state index is 0.0293. The van der Waals surface area contributed by atoms with E-state index in [0.29, 0.717) is 25.7 Å². The molecule has 6 aliphatic heterocycles. The molecule has 0 aromatic rings. The molecule has 0 aromatic carbocycles. The molecular formula is C56H96O24. The van der Waals surface area contributed by atoms with Gasteiger partial charge in [-0.1, -0.05) is 92.4 Å². The van der Waals surface area contributed by atoms with Crippen LogP contribution in [0.4, 0.5) is 0 Å². The molecule has 80 heavy (non-hydrogen) atoms. The maximum absolute atomic E-state index is 14.1. The molecule has 6 heterocycles. The van der Waals surface area contributed by atoms with E-state index >= 15 is 0 Å². The SMILES string of the molecule is CCCCC[C@@H]1CCCCCCCCCC(=O)O[C@@H]2[C@H](O)[C@@H](O[C@H]3[C@H](O1)O[C@H](C)[C@@H](O)[C@@H]3O)O[C@@H](C)[C@H]2O[C@H]1O[C@@H](C)[C@H](O[C@H]2O[C@@H](C)[C@H](OC(=O)[C@H](C)CC)[C@@H](O)[C@@H]2O)[C@@H](O[C@H]2O[C@@H](C)[C@H](O)[C@@H](O)[C@@H]2O)[C@@H]1OC(=O)[C@H](C)CC. The molecule has 6 aliphatic rings. The molecule has 0 spiro atoms. The van der Waals surface area contributed by atoms with Crippen LogP contribution in [-0.2, 0) is 76.0 Å². The number of rotatable bonds is 16. The van der Waals surface area contributed by atoms with Crippen LogP contribution in [-0.4, -0.2) is 218 Å². The van der Waals surface area contributed by atoms with E-state index < -0.39 is 183 Å². The van der Waals surface area contributed by atoms with E-state index in [9.17, 15) is 55.2 Å². The van der Waals surface area contributed by atoms with Crippen molar-refractivity contribution in [2.45, 2.75) is 325 Å². The topological polar surface area (TPSA) is 333 Å². The molecule has 0 aliphatic carbocycles. The zero-order valence-corrected chi connectivity index (χ0v) is 48.4. The number of aliphatic hydroxyl groups excluding tert-OH is 8. The Morgan fingerprint density at radius 2 is 0.975 bits per heavy atom. The summed E-state index contributed by atoms with van der Waals surface area (Å²) < 4.78 is 81.7. The van der Waals surface area contributed by atoms with Crippen molar-refractivity contribution in [3.05, 3.63) is 0 Å². The number of carbonyl (C=O) groups excluding carboxylic acids is 3. The second kappa shape index (κ2) is 31.2. The lowest BCUT2D eigenvalue weighted by Gasteiger charge is -2.51. The third kappa shape index (κ3) is 16.8. The van der Waals surface area contributed by atoms with Gasteiger partial charge in [-0.2, -0.15) is 0 Å². The fourth-order valence-corrected chi connectivity index (χ4v) is 10.9. The second-order valence-corrected chi connectivity index (χ2v) is 23.0. The van der Waals surface area contributed by atoms with Crippen LogP contribution in [0.2, 0.25) is 0 Å². The summed E-state index contributed by atoms with van der Waals surface area (Å²) in [6.07, 6.45) is -27.4. The van der Waals surface area contributed by atoms with Crippen molar-refractivity contribution in [2.75, 3.05) is 0 Å². The van der Waals surface area contributed by atoms with Crippen molar-refractivity contribution in [2.24, 2.45) is 11.8 Å². The van der Waals surface area contributed by atoms with Crippen LogP contribution in [0.5, 0.6) is 0 Å². The average molecular weight is 1150 g/mol. The molecule has 24 heteroatoms. The third-order valence-electron chi connectivity index (χ3n) is 16.7. The third-order valence-corrected chi connectivity index (χ3v) is 16.7. The number of ether oxygens (including phenoxy) is 13. The Bertz CT molecular complexity index is 1880. The number of unbranched alkanes of at least 4 members (excludes halogenated alkanes) is 2. The van der Waals surface area contributed by atoms with Crippen LogP contribution in [0, 0.1) is 11.8 Å². The highest BCUT2D eigenvalue weighted by Gasteiger charge is 2.59. The van der Waals surface area contributed by atoms with Crippen molar-refractivity contribution < 1.29 is 117 Å². The van der Waals surface area contributed by atoms with E-state index in [1.54, 1.807) is 41.5 Å². The van der Waals surface area contributed by atoms with Crippen LogP contribution < -0.4 is 0 Å². The first-order chi connectivity index (χ1) is 38.0. The van der Waals surface area contributed by atoms with Crippen molar-refractivity contribution in [1.29, 1.82) is 0 Å². The van der Waals surface area contributed by atoms with Crippen molar-refractivity contribution in [3.8, 4) is 0 Å². The molecule has 8 N–H and O–H groups in total. The Balaban J connectivity index is 1.36. The maximum atomic E-state index is 14.1. The Morgan fingerprint density at radius 3 is 1.61 bits per heavy atom. The molecule has 0 radical (unpaired) electrons. The molecule has 6 saturated heterocycles. The highest BCUT2D eigenvalue weighted by atomic mass is 16.8. The summed E-state index contributed by atoms with van der Waals surface area (Å²) in [5.41, 5.74) is 0. The zero-order valence-electron chi connectivity index (χ0n) is 48.4. The van der Waals surface area contributed by atoms with Gasteiger partial charge in [0.15, 0.2) is 49.8 Å². The summed E-state index contributed by atoms with van der Waals surface area (Å²) >= 11 is 0. The van der Waals surface area contributed by atoms with Gasteiger partial charge in [-0.15, -0.1) is 0 Å². The van der Waals surface area contributed by atoms with Crippen LogP contribution in [0.25, 0.3) is 0 Å². The normalized spacial score (nSPS) is 44.6. The number of esters is 3. The zero-order chi connectivity index (χ0) is 58.7. The van der Waals surface area contributed by atoms with Gasteiger partial charge in [-0.3, -0.25) is 14.4 Å². The van der Waals surface area contributed by atoms with Gasteiger partial charge >= 0.3 is 17.9 Å². The van der Waals surface area contributed by atoms with E-state index in [-0.39, 0.29) is 12.5 Å². The van der Waals surface area contributed by atoms with Gasteiger partial charge in [0.2, 0.25) is 0 Å². The molecule has 24 nitrogen and oxygen atoms in total. The molecule has 0 saturated carbocycles. The van der Waals surface area contributed by atoms with E-state index in [1.165, 1.54) is 20.8 Å². The maximum Gasteiger partial charge on any atom is 0.309 e. The minimum Gasteiger partial charge on any atom is -0.457 e. The number of hydrogen-bond donors (Lipinski definition) is 8. The Morgan fingerprint density at radius 1 is 0.475 bits per heavy atom. The molecule has 0 unspecified atom stereocenters. The highest BCUT2D eigenvalue weighted by molar-refractivity contribution is 5.72. The lowest BCUT2D eigenvalue weighted by molar-refractivity contribution is -0.399. The summed E-state index contributed by atoms with van der Waals surface area (Å²) in [6, 6.07) is 0. The van der Waals surface area contributed by atoms with E-state index in [4.69, 9.17) is 61.6 Å². The van der Waals surface area contributed by atoms with E-state index in [1.807, 2.05) is 0 Å². The average Bonchev–Trinajstić information content (AvgIpc) is 3.43. The molecule has 6 rings (SSSR count). The molecular weight excluding hydrogens is 1060 g/mol. The first-order valence-corrected chi connectivity index (χ1v) is 29.6. The van der Waals surface area contributed by atoms with E-state index in [0.717, 1.165) is 64.2 Å². The summed E-state index contributed by atoms with van der Waals surface area (Å²) in [4.78, 5) is 40.8. The predicted octanol–water partition coefficient (Wildman–Crippen LogP) is 2.46. The van der Waals surface area contributed by atoms with Crippen LogP contribution >= 0.6 is 0 Å². The van der Waals surface area contributed by atoms with Gasteiger partial charge in [0.1, 0.15) is 73.2 Å². The molecule has 464 valence electrons.